The highest BCUT2D eigenvalue weighted by Gasteiger charge is 2.31. The largest absolute Gasteiger partial charge is 0.497 e. The smallest absolute Gasteiger partial charge is 0.211 e. The zero-order chi connectivity index (χ0) is 24.5. The fourth-order valence-corrected chi connectivity index (χ4v) is 6.38. The lowest BCUT2D eigenvalue weighted by Gasteiger charge is -2.10. The van der Waals surface area contributed by atoms with E-state index in [1.807, 2.05) is 19.1 Å². The Morgan fingerprint density at radius 3 is 2.18 bits per heavy atom. The summed E-state index contributed by atoms with van der Waals surface area (Å²) >= 11 is 6.98. The molecule has 0 radical (unpaired) electrons. The molecule has 1 aromatic heterocycles. The predicted octanol–water partition coefficient (Wildman–Crippen LogP) is 6.11. The van der Waals surface area contributed by atoms with Gasteiger partial charge in [0.2, 0.25) is 15.6 Å². The second-order valence-corrected chi connectivity index (χ2v) is 10.9. The summed E-state index contributed by atoms with van der Waals surface area (Å²) in [5, 5.41) is 3.88. The summed E-state index contributed by atoms with van der Waals surface area (Å²) in [6, 6.07) is 19.8. The van der Waals surface area contributed by atoms with E-state index in [4.69, 9.17) is 22.1 Å². The van der Waals surface area contributed by atoms with E-state index in [9.17, 15) is 13.2 Å². The van der Waals surface area contributed by atoms with Gasteiger partial charge in [-0.3, -0.25) is 4.79 Å². The Morgan fingerprint density at radius 2 is 1.59 bits per heavy atom. The van der Waals surface area contributed by atoms with Crippen LogP contribution in [-0.4, -0.2) is 21.3 Å². The molecule has 34 heavy (non-hydrogen) atoms. The van der Waals surface area contributed by atoms with E-state index < -0.39 is 9.84 Å². The first kappa shape index (κ1) is 23.8. The minimum absolute atomic E-state index is 0.0336. The molecule has 0 spiro atoms. The summed E-state index contributed by atoms with van der Waals surface area (Å²) in [7, 11) is -2.57. The third-order valence-corrected chi connectivity index (χ3v) is 8.52. The SMILES string of the molecule is COc1ccc(S(=O)(=O)c2c(Nc3ccc(Cl)cc3)sc(C(=O)c3ccc(C)cc3)c2N)cc1. The number of halogens is 1. The molecule has 1 heterocycles. The van der Waals surface area contributed by atoms with Gasteiger partial charge in [0, 0.05) is 16.3 Å². The quantitative estimate of drug-likeness (QED) is 0.290. The van der Waals surface area contributed by atoms with Gasteiger partial charge in [0.15, 0.2) is 0 Å². The van der Waals surface area contributed by atoms with Crippen molar-refractivity contribution >= 4 is 54.9 Å². The first-order valence-corrected chi connectivity index (χ1v) is 12.8. The van der Waals surface area contributed by atoms with Gasteiger partial charge in [0.1, 0.15) is 20.5 Å². The van der Waals surface area contributed by atoms with E-state index in [1.54, 1.807) is 48.5 Å². The Bertz CT molecular complexity index is 1440. The molecule has 6 nitrogen and oxygen atoms in total. The standard InChI is InChI=1S/C25H21ClN2O4S2/c1-15-3-5-16(6-4-15)22(29)23-21(27)24(25(33-23)28-18-9-7-17(26)8-10-18)34(30,31)20-13-11-19(32-2)12-14-20/h3-14,28H,27H2,1-2H3. The van der Waals surface area contributed by atoms with Crippen molar-refractivity contribution in [3.63, 3.8) is 0 Å². The maximum absolute atomic E-state index is 13.6. The fourth-order valence-electron chi connectivity index (χ4n) is 3.32. The molecule has 0 aliphatic heterocycles. The van der Waals surface area contributed by atoms with E-state index in [0.29, 0.717) is 22.0 Å². The molecular formula is C25H21ClN2O4S2. The Morgan fingerprint density at radius 1 is 0.971 bits per heavy atom. The molecule has 0 saturated carbocycles. The molecule has 174 valence electrons. The summed E-state index contributed by atoms with van der Waals surface area (Å²) in [6.07, 6.45) is 0. The van der Waals surface area contributed by atoms with Gasteiger partial charge >= 0.3 is 0 Å². The molecule has 0 fully saturated rings. The molecule has 0 saturated heterocycles. The average Bonchev–Trinajstić information content (AvgIpc) is 3.16. The number of nitrogens with two attached hydrogens (primary N) is 1. The van der Waals surface area contributed by atoms with Crippen LogP contribution in [0.15, 0.2) is 82.6 Å². The van der Waals surface area contributed by atoms with Gasteiger partial charge in [-0.05, 0) is 55.5 Å². The van der Waals surface area contributed by atoms with Gasteiger partial charge in [0.05, 0.1) is 17.7 Å². The molecule has 4 rings (SSSR count). The van der Waals surface area contributed by atoms with Crippen molar-refractivity contribution in [1.29, 1.82) is 0 Å². The normalized spacial score (nSPS) is 11.3. The second-order valence-electron chi connectivity index (χ2n) is 7.51. The maximum Gasteiger partial charge on any atom is 0.211 e. The predicted molar refractivity (Wildman–Crippen MR) is 137 cm³/mol. The lowest BCUT2D eigenvalue weighted by molar-refractivity contribution is 0.104. The molecule has 0 bridgehead atoms. The first-order valence-electron chi connectivity index (χ1n) is 10.2. The number of sulfone groups is 1. The molecule has 0 unspecified atom stereocenters. The number of nitrogen functional groups attached to an aromatic ring is 1. The summed E-state index contributed by atoms with van der Waals surface area (Å²) in [5.41, 5.74) is 8.29. The summed E-state index contributed by atoms with van der Waals surface area (Å²) in [4.78, 5) is 13.3. The van der Waals surface area contributed by atoms with Crippen LogP contribution in [0.4, 0.5) is 16.4 Å². The van der Waals surface area contributed by atoms with Crippen molar-refractivity contribution in [1.82, 2.24) is 0 Å². The van der Waals surface area contributed by atoms with Crippen molar-refractivity contribution in [3.8, 4) is 5.75 Å². The lowest BCUT2D eigenvalue weighted by atomic mass is 10.1. The zero-order valence-corrected chi connectivity index (χ0v) is 20.7. The Kier molecular flexibility index (Phi) is 6.65. The highest BCUT2D eigenvalue weighted by molar-refractivity contribution is 7.92. The van der Waals surface area contributed by atoms with Crippen molar-refractivity contribution in [3.05, 3.63) is 93.8 Å². The van der Waals surface area contributed by atoms with Crippen LogP contribution in [0.5, 0.6) is 5.75 Å². The number of hydrogen-bond acceptors (Lipinski definition) is 7. The number of ketones is 1. The number of methoxy groups -OCH3 is 1. The number of hydrogen-bond donors (Lipinski definition) is 2. The topological polar surface area (TPSA) is 98.5 Å². The number of carbonyl (C=O) groups excluding carboxylic acids is 1. The monoisotopic (exact) mass is 512 g/mol. The molecule has 0 aliphatic rings. The minimum atomic E-state index is -4.07. The van der Waals surface area contributed by atoms with E-state index in [2.05, 4.69) is 5.32 Å². The zero-order valence-electron chi connectivity index (χ0n) is 18.3. The van der Waals surface area contributed by atoms with E-state index in [-0.39, 0.29) is 31.1 Å². The Balaban J connectivity index is 1.86. The third kappa shape index (κ3) is 4.65. The third-order valence-electron chi connectivity index (χ3n) is 5.16. The number of thiophene rings is 1. The molecular weight excluding hydrogens is 492 g/mol. The molecule has 3 N–H and O–H groups in total. The highest BCUT2D eigenvalue weighted by atomic mass is 35.5. The summed E-state index contributed by atoms with van der Waals surface area (Å²) < 4.78 is 32.4. The molecule has 0 atom stereocenters. The number of rotatable bonds is 7. The van der Waals surface area contributed by atoms with Crippen LogP contribution in [0.2, 0.25) is 5.02 Å². The summed E-state index contributed by atoms with van der Waals surface area (Å²) in [5.74, 6) is 0.171. The minimum Gasteiger partial charge on any atom is -0.497 e. The van der Waals surface area contributed by atoms with Crippen LogP contribution in [0.3, 0.4) is 0 Å². The van der Waals surface area contributed by atoms with Crippen molar-refractivity contribution in [2.45, 2.75) is 16.7 Å². The molecule has 0 amide bonds. The van der Waals surface area contributed by atoms with E-state index in [0.717, 1.165) is 16.9 Å². The van der Waals surface area contributed by atoms with Crippen molar-refractivity contribution in [2.24, 2.45) is 0 Å². The number of nitrogens with one attached hydrogen (secondary N) is 1. The average molecular weight is 513 g/mol. The number of anilines is 3. The van der Waals surface area contributed by atoms with Crippen LogP contribution in [0, 0.1) is 6.92 Å². The maximum atomic E-state index is 13.6. The van der Waals surface area contributed by atoms with Crippen LogP contribution in [-0.2, 0) is 9.84 Å². The highest BCUT2D eigenvalue weighted by Crippen LogP contribution is 2.44. The number of carbonyl (C=O) groups is 1. The molecule has 3 aromatic carbocycles. The molecule has 0 aliphatic carbocycles. The second kappa shape index (κ2) is 9.50. The lowest BCUT2D eigenvalue weighted by Crippen LogP contribution is -2.08. The van der Waals surface area contributed by atoms with Gasteiger partial charge in [-0.25, -0.2) is 8.42 Å². The molecule has 4 aromatic rings. The Labute approximate surface area is 206 Å². The van der Waals surface area contributed by atoms with Gasteiger partial charge in [0.25, 0.3) is 0 Å². The van der Waals surface area contributed by atoms with Gasteiger partial charge < -0.3 is 15.8 Å². The van der Waals surface area contributed by atoms with Gasteiger partial charge in [-0.2, -0.15) is 0 Å². The fraction of sp³-hybridized carbons (Fsp3) is 0.0800. The van der Waals surface area contributed by atoms with Crippen LogP contribution >= 0.6 is 22.9 Å². The Hall–Kier alpha value is -3.33. The number of aryl methyl sites for hydroxylation is 1. The van der Waals surface area contributed by atoms with Crippen molar-refractivity contribution in [2.75, 3.05) is 18.2 Å². The van der Waals surface area contributed by atoms with E-state index in [1.165, 1.54) is 19.2 Å². The number of ether oxygens (including phenoxy) is 1. The summed E-state index contributed by atoms with van der Waals surface area (Å²) in [6.45, 7) is 1.92. The van der Waals surface area contributed by atoms with Crippen LogP contribution in [0.1, 0.15) is 20.8 Å². The first-order chi connectivity index (χ1) is 16.2. The molecule has 9 heteroatoms. The van der Waals surface area contributed by atoms with E-state index >= 15 is 0 Å². The van der Waals surface area contributed by atoms with Crippen LogP contribution in [0.25, 0.3) is 0 Å². The van der Waals surface area contributed by atoms with Gasteiger partial charge in [-0.1, -0.05) is 41.4 Å². The number of benzene rings is 3. The van der Waals surface area contributed by atoms with Crippen LogP contribution < -0.4 is 15.8 Å². The van der Waals surface area contributed by atoms with Crippen molar-refractivity contribution < 1.29 is 17.9 Å². The van der Waals surface area contributed by atoms with Gasteiger partial charge in [-0.15, -0.1) is 11.3 Å².